The van der Waals surface area contributed by atoms with Crippen LogP contribution in [0.15, 0.2) is 10.9 Å². The molecule has 102 valence electrons. The molecule has 0 aromatic carbocycles. The van der Waals surface area contributed by atoms with Crippen LogP contribution in [-0.4, -0.2) is 44.6 Å². The van der Waals surface area contributed by atoms with Crippen LogP contribution in [0, 0.1) is 5.92 Å². The molecule has 2 aromatic rings. The van der Waals surface area contributed by atoms with Crippen molar-refractivity contribution in [3.05, 3.63) is 10.9 Å². The highest BCUT2D eigenvalue weighted by molar-refractivity contribution is 9.10. The van der Waals surface area contributed by atoms with E-state index in [-0.39, 0.29) is 6.61 Å². The Balaban J connectivity index is 2.05. The summed E-state index contributed by atoms with van der Waals surface area (Å²) in [6, 6.07) is 0. The maximum atomic E-state index is 9.34. The molecule has 3 heterocycles. The quantitative estimate of drug-likeness (QED) is 0.902. The van der Waals surface area contributed by atoms with Gasteiger partial charge in [0.05, 0.1) is 5.39 Å². The van der Waals surface area contributed by atoms with Gasteiger partial charge >= 0.3 is 0 Å². The summed E-state index contributed by atoms with van der Waals surface area (Å²) in [6.45, 7) is 2.03. The molecule has 0 aliphatic carbocycles. The summed E-state index contributed by atoms with van der Waals surface area (Å²) >= 11 is 3.48. The van der Waals surface area contributed by atoms with Gasteiger partial charge in [0.15, 0.2) is 5.65 Å². The summed E-state index contributed by atoms with van der Waals surface area (Å²) in [5, 5.41) is 14.6. The standard InChI is InChI=1S/C12H16BrN5O/c1-17-11-9(10(13)16-17)12(15-7-14-11)18-4-2-3-8(5-18)6-19/h7-8,19H,2-6H2,1H3. The summed E-state index contributed by atoms with van der Waals surface area (Å²) in [5.74, 6) is 1.23. The van der Waals surface area contributed by atoms with E-state index in [9.17, 15) is 5.11 Å². The number of aromatic nitrogens is 4. The fourth-order valence-electron chi connectivity index (χ4n) is 2.67. The molecule has 1 fully saturated rings. The van der Waals surface area contributed by atoms with E-state index in [2.05, 4.69) is 35.9 Å². The van der Waals surface area contributed by atoms with Crippen molar-refractivity contribution in [3.8, 4) is 0 Å². The Morgan fingerprint density at radius 1 is 1.47 bits per heavy atom. The number of halogens is 1. The predicted molar refractivity (Wildman–Crippen MR) is 76.0 cm³/mol. The zero-order valence-electron chi connectivity index (χ0n) is 10.8. The molecule has 0 saturated carbocycles. The zero-order chi connectivity index (χ0) is 13.4. The van der Waals surface area contributed by atoms with Gasteiger partial charge in [-0.1, -0.05) is 0 Å². The van der Waals surface area contributed by atoms with E-state index in [0.717, 1.165) is 47.4 Å². The lowest BCUT2D eigenvalue weighted by Gasteiger charge is -2.32. The van der Waals surface area contributed by atoms with Crippen LogP contribution >= 0.6 is 15.9 Å². The largest absolute Gasteiger partial charge is 0.396 e. The molecule has 1 atom stereocenters. The predicted octanol–water partition coefficient (Wildman–Crippen LogP) is 1.33. The van der Waals surface area contributed by atoms with E-state index in [1.54, 1.807) is 11.0 Å². The molecule has 1 aliphatic rings. The first-order chi connectivity index (χ1) is 9.20. The van der Waals surface area contributed by atoms with E-state index in [4.69, 9.17) is 0 Å². The number of aryl methyl sites for hydroxylation is 1. The number of hydrogen-bond acceptors (Lipinski definition) is 5. The molecule has 1 saturated heterocycles. The summed E-state index contributed by atoms with van der Waals surface area (Å²) in [6.07, 6.45) is 3.73. The molecular formula is C12H16BrN5O. The van der Waals surface area contributed by atoms with E-state index < -0.39 is 0 Å². The Morgan fingerprint density at radius 3 is 3.11 bits per heavy atom. The van der Waals surface area contributed by atoms with Gasteiger partial charge in [0, 0.05) is 26.7 Å². The van der Waals surface area contributed by atoms with Crippen molar-refractivity contribution in [1.29, 1.82) is 0 Å². The van der Waals surface area contributed by atoms with Gasteiger partial charge in [-0.3, -0.25) is 0 Å². The number of piperidine rings is 1. The number of nitrogens with zero attached hydrogens (tertiary/aromatic N) is 5. The fourth-order valence-corrected chi connectivity index (χ4v) is 3.27. The van der Waals surface area contributed by atoms with Crippen LogP contribution in [0.1, 0.15) is 12.8 Å². The third kappa shape index (κ3) is 2.21. The number of hydrogen-bond donors (Lipinski definition) is 1. The maximum Gasteiger partial charge on any atom is 0.164 e. The minimum absolute atomic E-state index is 0.235. The SMILES string of the molecule is Cn1nc(Br)c2c(N3CCCC(CO)C3)ncnc21. The van der Waals surface area contributed by atoms with E-state index in [0.29, 0.717) is 5.92 Å². The number of aliphatic hydroxyl groups excluding tert-OH is 1. The Labute approximate surface area is 119 Å². The van der Waals surface area contributed by atoms with Crippen molar-refractivity contribution < 1.29 is 5.11 Å². The minimum Gasteiger partial charge on any atom is -0.396 e. The topological polar surface area (TPSA) is 67.1 Å². The van der Waals surface area contributed by atoms with Crippen molar-refractivity contribution in [1.82, 2.24) is 19.7 Å². The third-order valence-corrected chi connectivity index (χ3v) is 4.19. The highest BCUT2D eigenvalue weighted by Gasteiger charge is 2.24. The molecular weight excluding hydrogens is 310 g/mol. The second kappa shape index (κ2) is 5.05. The molecule has 0 amide bonds. The smallest absolute Gasteiger partial charge is 0.164 e. The van der Waals surface area contributed by atoms with Crippen LogP contribution in [-0.2, 0) is 7.05 Å². The molecule has 0 bridgehead atoms. The number of aliphatic hydroxyl groups is 1. The fraction of sp³-hybridized carbons (Fsp3) is 0.583. The summed E-state index contributed by atoms with van der Waals surface area (Å²) in [7, 11) is 1.87. The molecule has 0 spiro atoms. The molecule has 7 heteroatoms. The lowest BCUT2D eigenvalue weighted by Crippen LogP contribution is -2.37. The minimum atomic E-state index is 0.235. The van der Waals surface area contributed by atoms with E-state index >= 15 is 0 Å². The van der Waals surface area contributed by atoms with Gasteiger partial charge in [-0.2, -0.15) is 5.10 Å². The summed E-state index contributed by atoms with van der Waals surface area (Å²) in [5.41, 5.74) is 0.822. The van der Waals surface area contributed by atoms with Crippen molar-refractivity contribution in [2.75, 3.05) is 24.6 Å². The zero-order valence-corrected chi connectivity index (χ0v) is 12.3. The highest BCUT2D eigenvalue weighted by Crippen LogP contribution is 2.31. The molecule has 6 nitrogen and oxygen atoms in total. The summed E-state index contributed by atoms with van der Waals surface area (Å²) in [4.78, 5) is 10.9. The molecule has 19 heavy (non-hydrogen) atoms. The van der Waals surface area contributed by atoms with Crippen LogP contribution in [0.2, 0.25) is 0 Å². The van der Waals surface area contributed by atoms with Crippen molar-refractivity contribution in [2.45, 2.75) is 12.8 Å². The number of fused-ring (bicyclic) bond motifs is 1. The first-order valence-electron chi connectivity index (χ1n) is 6.39. The number of rotatable bonds is 2. The molecule has 2 aromatic heterocycles. The first-order valence-corrected chi connectivity index (χ1v) is 7.19. The van der Waals surface area contributed by atoms with Gasteiger partial charge in [-0.15, -0.1) is 0 Å². The normalized spacial score (nSPS) is 20.2. The highest BCUT2D eigenvalue weighted by atomic mass is 79.9. The van der Waals surface area contributed by atoms with Gasteiger partial charge in [-0.05, 0) is 34.7 Å². The van der Waals surface area contributed by atoms with Gasteiger partial charge in [0.1, 0.15) is 16.7 Å². The van der Waals surface area contributed by atoms with Crippen LogP contribution in [0.5, 0.6) is 0 Å². The Kier molecular flexibility index (Phi) is 3.40. The van der Waals surface area contributed by atoms with Gasteiger partial charge in [0.2, 0.25) is 0 Å². The number of anilines is 1. The van der Waals surface area contributed by atoms with E-state index in [1.807, 2.05) is 7.05 Å². The second-order valence-corrected chi connectivity index (χ2v) is 5.70. The lowest BCUT2D eigenvalue weighted by atomic mass is 9.99. The molecule has 3 rings (SSSR count). The van der Waals surface area contributed by atoms with Crippen molar-refractivity contribution in [2.24, 2.45) is 13.0 Å². The average Bonchev–Trinajstić information content (AvgIpc) is 2.74. The summed E-state index contributed by atoms with van der Waals surface area (Å²) < 4.78 is 2.52. The van der Waals surface area contributed by atoms with Crippen molar-refractivity contribution >= 4 is 32.8 Å². The molecule has 0 radical (unpaired) electrons. The molecule has 1 unspecified atom stereocenters. The second-order valence-electron chi connectivity index (χ2n) is 4.95. The van der Waals surface area contributed by atoms with Crippen LogP contribution in [0.25, 0.3) is 11.0 Å². The van der Waals surface area contributed by atoms with Crippen LogP contribution in [0.4, 0.5) is 5.82 Å². The molecule has 1 aliphatic heterocycles. The first kappa shape index (κ1) is 12.8. The monoisotopic (exact) mass is 325 g/mol. The third-order valence-electron chi connectivity index (χ3n) is 3.63. The van der Waals surface area contributed by atoms with Gasteiger partial charge in [0.25, 0.3) is 0 Å². The van der Waals surface area contributed by atoms with Gasteiger partial charge < -0.3 is 10.0 Å². The lowest BCUT2D eigenvalue weighted by molar-refractivity contribution is 0.208. The van der Waals surface area contributed by atoms with Gasteiger partial charge in [-0.25, -0.2) is 14.6 Å². The van der Waals surface area contributed by atoms with E-state index in [1.165, 1.54) is 0 Å². The Bertz CT molecular complexity index is 599. The Morgan fingerprint density at radius 2 is 2.32 bits per heavy atom. The Hall–Kier alpha value is -1.21. The van der Waals surface area contributed by atoms with Crippen LogP contribution < -0.4 is 4.90 Å². The maximum absolute atomic E-state index is 9.34. The van der Waals surface area contributed by atoms with Crippen LogP contribution in [0.3, 0.4) is 0 Å². The molecule has 1 N–H and O–H groups in total. The average molecular weight is 326 g/mol. The van der Waals surface area contributed by atoms with Crippen molar-refractivity contribution in [3.63, 3.8) is 0 Å².